The maximum absolute atomic E-state index is 13.1. The zero-order valence-corrected chi connectivity index (χ0v) is 13.3. The monoisotopic (exact) mass is 363 g/mol. The zero-order chi connectivity index (χ0) is 15.6. The normalized spacial score (nSPS) is 16.2. The maximum Gasteiger partial charge on any atom is 0.417 e. The van der Waals surface area contributed by atoms with Crippen LogP contribution in [0.4, 0.5) is 13.2 Å². The quantitative estimate of drug-likeness (QED) is 0.759. The molecule has 0 bridgehead atoms. The summed E-state index contributed by atoms with van der Waals surface area (Å²) in [4.78, 5) is 13.7. The van der Waals surface area contributed by atoms with Crippen LogP contribution in [0.1, 0.15) is 41.6 Å². The molecule has 0 aliphatic heterocycles. The summed E-state index contributed by atoms with van der Waals surface area (Å²) in [7, 11) is 1.57. The van der Waals surface area contributed by atoms with E-state index in [4.69, 9.17) is 0 Å². The summed E-state index contributed by atoms with van der Waals surface area (Å²) in [6.45, 7) is 0.520. The fourth-order valence-electron chi connectivity index (χ4n) is 2.81. The second kappa shape index (κ2) is 6.38. The lowest BCUT2D eigenvalue weighted by molar-refractivity contribution is -0.138. The molecule has 1 aromatic carbocycles. The molecule has 2 rings (SSSR count). The number of benzene rings is 1. The number of nitrogens with zero attached hydrogens (tertiary/aromatic N) is 1. The van der Waals surface area contributed by atoms with Crippen LogP contribution in [-0.2, 0) is 6.18 Å². The van der Waals surface area contributed by atoms with E-state index >= 15 is 0 Å². The summed E-state index contributed by atoms with van der Waals surface area (Å²) < 4.78 is 39.5. The molecule has 2 nitrogen and oxygen atoms in total. The van der Waals surface area contributed by atoms with Gasteiger partial charge in [0, 0.05) is 18.1 Å². The fraction of sp³-hybridized carbons (Fsp3) is 0.533. The van der Waals surface area contributed by atoms with Gasteiger partial charge < -0.3 is 4.90 Å². The highest BCUT2D eigenvalue weighted by atomic mass is 79.9. The highest BCUT2D eigenvalue weighted by Crippen LogP contribution is 2.34. The van der Waals surface area contributed by atoms with Gasteiger partial charge in [-0.25, -0.2) is 0 Å². The van der Waals surface area contributed by atoms with Gasteiger partial charge in [-0.3, -0.25) is 4.79 Å². The van der Waals surface area contributed by atoms with Gasteiger partial charge >= 0.3 is 6.18 Å². The van der Waals surface area contributed by atoms with Gasteiger partial charge in [-0.1, -0.05) is 28.8 Å². The predicted molar refractivity (Wildman–Crippen MR) is 78.1 cm³/mol. The van der Waals surface area contributed by atoms with E-state index in [-0.39, 0.29) is 5.56 Å². The van der Waals surface area contributed by atoms with Crippen molar-refractivity contribution in [3.05, 3.63) is 33.8 Å². The van der Waals surface area contributed by atoms with Crippen molar-refractivity contribution in [2.45, 2.75) is 31.9 Å². The maximum atomic E-state index is 13.1. The summed E-state index contributed by atoms with van der Waals surface area (Å²) in [5.74, 6) is -0.162. The Hall–Kier alpha value is -1.04. The molecule has 0 spiro atoms. The predicted octanol–water partition coefficient (Wildman–Crippen LogP) is 4.73. The summed E-state index contributed by atoms with van der Waals surface area (Å²) in [6, 6.07) is 3.66. The number of hydrogen-bond acceptors (Lipinski definition) is 1. The lowest BCUT2D eigenvalue weighted by Crippen LogP contribution is -2.32. The van der Waals surface area contributed by atoms with Crippen LogP contribution in [-0.4, -0.2) is 24.4 Å². The van der Waals surface area contributed by atoms with Gasteiger partial charge in [0.25, 0.3) is 5.91 Å². The van der Waals surface area contributed by atoms with Crippen molar-refractivity contribution in [1.82, 2.24) is 4.90 Å². The molecule has 0 heterocycles. The highest BCUT2D eigenvalue weighted by Gasteiger charge is 2.36. The molecule has 1 aliphatic carbocycles. The lowest BCUT2D eigenvalue weighted by Gasteiger charge is -2.23. The summed E-state index contributed by atoms with van der Waals surface area (Å²) in [6.07, 6.45) is -0.172. The van der Waals surface area contributed by atoms with Crippen LogP contribution in [0.15, 0.2) is 22.7 Å². The molecular formula is C15H17BrF3NO. The number of amides is 1. The second-order valence-corrected chi connectivity index (χ2v) is 6.44. The third-order valence-electron chi connectivity index (χ3n) is 3.87. The molecular weight excluding hydrogens is 347 g/mol. The highest BCUT2D eigenvalue weighted by molar-refractivity contribution is 9.10. The Labute approximate surface area is 130 Å². The van der Waals surface area contributed by atoms with E-state index in [9.17, 15) is 18.0 Å². The van der Waals surface area contributed by atoms with Crippen molar-refractivity contribution in [3.8, 4) is 0 Å². The number of hydrogen-bond donors (Lipinski definition) is 0. The summed E-state index contributed by atoms with van der Waals surface area (Å²) in [5, 5.41) is 0. The first-order valence-corrected chi connectivity index (χ1v) is 7.70. The Morgan fingerprint density at radius 2 is 1.95 bits per heavy atom. The Kier molecular flexibility index (Phi) is 4.96. The number of carbonyl (C=O) groups is 1. The standard InChI is InChI=1S/C15H17BrF3NO/c1-20(9-10-4-2-3-5-10)14(21)12-7-6-11(16)8-13(12)15(17,18)19/h6-8,10H,2-5,9H2,1H3. The molecule has 21 heavy (non-hydrogen) atoms. The number of carbonyl (C=O) groups excluding carboxylic acids is 1. The van der Waals surface area contributed by atoms with Crippen LogP contribution in [0.25, 0.3) is 0 Å². The third kappa shape index (κ3) is 3.99. The summed E-state index contributed by atoms with van der Waals surface area (Å²) in [5.41, 5.74) is -1.17. The molecule has 0 unspecified atom stereocenters. The molecule has 1 aromatic rings. The van der Waals surface area contributed by atoms with Crippen LogP contribution in [0.2, 0.25) is 0 Å². The largest absolute Gasteiger partial charge is 0.417 e. The number of rotatable bonds is 3. The van der Waals surface area contributed by atoms with E-state index in [1.807, 2.05) is 0 Å². The van der Waals surface area contributed by atoms with E-state index in [0.29, 0.717) is 16.9 Å². The Morgan fingerprint density at radius 1 is 1.33 bits per heavy atom. The zero-order valence-electron chi connectivity index (χ0n) is 11.7. The van der Waals surface area contributed by atoms with E-state index in [1.54, 1.807) is 7.05 Å². The van der Waals surface area contributed by atoms with Crippen molar-refractivity contribution in [2.24, 2.45) is 5.92 Å². The average molecular weight is 364 g/mol. The van der Waals surface area contributed by atoms with Crippen molar-refractivity contribution in [2.75, 3.05) is 13.6 Å². The third-order valence-corrected chi connectivity index (χ3v) is 4.36. The van der Waals surface area contributed by atoms with Crippen molar-refractivity contribution >= 4 is 21.8 Å². The first-order valence-electron chi connectivity index (χ1n) is 6.91. The van der Waals surface area contributed by atoms with Crippen LogP contribution in [0.3, 0.4) is 0 Å². The van der Waals surface area contributed by atoms with E-state index in [2.05, 4.69) is 15.9 Å². The SMILES string of the molecule is CN(CC1CCCC1)C(=O)c1ccc(Br)cc1C(F)(F)F. The van der Waals surface area contributed by atoms with Gasteiger partial charge in [0.1, 0.15) is 0 Å². The minimum atomic E-state index is -4.54. The molecule has 0 atom stereocenters. The van der Waals surface area contributed by atoms with Gasteiger partial charge in [0.05, 0.1) is 11.1 Å². The first-order chi connectivity index (χ1) is 9.79. The topological polar surface area (TPSA) is 20.3 Å². The molecule has 1 amide bonds. The summed E-state index contributed by atoms with van der Waals surface area (Å²) >= 11 is 3.02. The van der Waals surface area contributed by atoms with Gasteiger partial charge in [-0.05, 0) is 37.0 Å². The van der Waals surface area contributed by atoms with Crippen molar-refractivity contribution in [3.63, 3.8) is 0 Å². The molecule has 116 valence electrons. The Bertz CT molecular complexity index is 524. The van der Waals surface area contributed by atoms with Crippen LogP contribution < -0.4 is 0 Å². The smallest absolute Gasteiger partial charge is 0.341 e. The van der Waals surface area contributed by atoms with Crippen molar-refractivity contribution in [1.29, 1.82) is 0 Å². The molecule has 0 aromatic heterocycles. The molecule has 0 radical (unpaired) electrons. The van der Waals surface area contributed by atoms with Crippen molar-refractivity contribution < 1.29 is 18.0 Å². The minimum Gasteiger partial charge on any atom is -0.341 e. The Morgan fingerprint density at radius 3 is 2.52 bits per heavy atom. The van der Waals surface area contributed by atoms with Crippen LogP contribution in [0.5, 0.6) is 0 Å². The molecule has 1 saturated carbocycles. The molecule has 6 heteroatoms. The fourth-order valence-corrected chi connectivity index (χ4v) is 3.17. The second-order valence-electron chi connectivity index (χ2n) is 5.52. The molecule has 1 aliphatic rings. The van der Waals surface area contributed by atoms with Crippen LogP contribution in [0, 0.1) is 5.92 Å². The lowest BCUT2D eigenvalue weighted by atomic mass is 10.0. The van der Waals surface area contributed by atoms with Crippen LogP contribution >= 0.6 is 15.9 Å². The minimum absolute atomic E-state index is 0.286. The van der Waals surface area contributed by atoms with E-state index < -0.39 is 17.6 Å². The first kappa shape index (κ1) is 16.3. The van der Waals surface area contributed by atoms with Gasteiger partial charge in [0.2, 0.25) is 0 Å². The van der Waals surface area contributed by atoms with E-state index in [1.165, 1.54) is 17.0 Å². The van der Waals surface area contributed by atoms with Gasteiger partial charge in [0.15, 0.2) is 0 Å². The molecule has 1 fully saturated rings. The van der Waals surface area contributed by atoms with E-state index in [0.717, 1.165) is 31.7 Å². The average Bonchev–Trinajstić information content (AvgIpc) is 2.89. The van der Waals surface area contributed by atoms with Gasteiger partial charge in [-0.2, -0.15) is 13.2 Å². The van der Waals surface area contributed by atoms with Gasteiger partial charge in [-0.15, -0.1) is 0 Å². The molecule has 0 N–H and O–H groups in total. The Balaban J connectivity index is 2.21. The molecule has 0 saturated heterocycles. The number of halogens is 4. The number of alkyl halides is 3.